The van der Waals surface area contributed by atoms with Gasteiger partial charge in [0.1, 0.15) is 5.82 Å². The maximum absolute atomic E-state index is 12.2. The molecule has 0 radical (unpaired) electrons. The van der Waals surface area contributed by atoms with E-state index in [1.54, 1.807) is 12.1 Å². The van der Waals surface area contributed by atoms with Gasteiger partial charge in [0.05, 0.1) is 23.8 Å². The topological polar surface area (TPSA) is 63.3 Å². The van der Waals surface area contributed by atoms with Crippen LogP contribution < -0.4 is 5.32 Å². The summed E-state index contributed by atoms with van der Waals surface area (Å²) in [5, 5.41) is 2.87. The Morgan fingerprint density at radius 3 is 2.76 bits per heavy atom. The van der Waals surface area contributed by atoms with Crippen LogP contribution in [-0.4, -0.2) is 26.9 Å². The molecule has 146 valence electrons. The summed E-state index contributed by atoms with van der Waals surface area (Å²) in [6, 6.07) is 20.1. The summed E-state index contributed by atoms with van der Waals surface area (Å²) in [7, 11) is 0. The Morgan fingerprint density at radius 2 is 1.97 bits per heavy atom. The first-order valence-electron chi connectivity index (χ1n) is 9.82. The van der Waals surface area contributed by atoms with E-state index in [4.69, 9.17) is 9.40 Å². The summed E-state index contributed by atoms with van der Waals surface area (Å²) in [6.07, 6.45) is 1.49. The number of benzene rings is 2. The number of nitrogens with one attached hydrogen (secondary N) is 1. The molecule has 1 aliphatic rings. The van der Waals surface area contributed by atoms with Gasteiger partial charge in [0, 0.05) is 24.8 Å². The van der Waals surface area contributed by atoms with Crippen LogP contribution in [0.4, 0.5) is 5.69 Å². The minimum absolute atomic E-state index is 0.263. The molecule has 0 aliphatic carbocycles. The van der Waals surface area contributed by atoms with Crippen molar-refractivity contribution >= 4 is 22.6 Å². The van der Waals surface area contributed by atoms with E-state index in [1.165, 1.54) is 11.8 Å². The Bertz CT molecular complexity index is 1150. The average molecular weight is 386 g/mol. The molecule has 3 heterocycles. The molecule has 1 amide bonds. The molecule has 0 fully saturated rings. The Balaban J connectivity index is 1.38. The number of amides is 1. The number of imidazole rings is 1. The van der Waals surface area contributed by atoms with Crippen molar-refractivity contribution in [2.45, 2.75) is 26.1 Å². The first kappa shape index (κ1) is 17.7. The van der Waals surface area contributed by atoms with Crippen LogP contribution in [-0.2, 0) is 13.1 Å². The molecule has 1 aliphatic heterocycles. The second-order valence-corrected chi connectivity index (χ2v) is 7.37. The molecular weight excluding hydrogens is 364 g/mol. The zero-order valence-corrected chi connectivity index (χ0v) is 16.2. The van der Waals surface area contributed by atoms with Crippen molar-refractivity contribution in [3.05, 3.63) is 84.1 Å². The zero-order valence-electron chi connectivity index (χ0n) is 16.2. The molecule has 1 atom stereocenters. The monoisotopic (exact) mass is 386 g/mol. The van der Waals surface area contributed by atoms with E-state index in [0.717, 1.165) is 36.5 Å². The van der Waals surface area contributed by atoms with Crippen LogP contribution in [0.2, 0.25) is 0 Å². The van der Waals surface area contributed by atoms with E-state index >= 15 is 0 Å². The lowest BCUT2D eigenvalue weighted by molar-refractivity contribution is 0.0996. The largest absolute Gasteiger partial charge is 0.459 e. The fraction of sp³-hybridized carbons (Fsp3) is 0.217. The molecule has 4 aromatic rings. The highest BCUT2D eigenvalue weighted by Gasteiger charge is 2.24. The fourth-order valence-electron chi connectivity index (χ4n) is 3.99. The van der Waals surface area contributed by atoms with Crippen LogP contribution in [0.3, 0.4) is 0 Å². The first-order valence-corrected chi connectivity index (χ1v) is 9.82. The molecule has 5 rings (SSSR count). The van der Waals surface area contributed by atoms with E-state index in [1.807, 2.05) is 24.3 Å². The number of rotatable bonds is 4. The van der Waals surface area contributed by atoms with Gasteiger partial charge in [0.2, 0.25) is 0 Å². The molecule has 6 heteroatoms. The average Bonchev–Trinajstić information content (AvgIpc) is 3.41. The second kappa shape index (κ2) is 7.22. The molecular formula is C23H22N4O2. The van der Waals surface area contributed by atoms with E-state index in [9.17, 15) is 4.79 Å². The van der Waals surface area contributed by atoms with Crippen LogP contribution in [0.15, 0.2) is 71.3 Å². The standard InChI is InChI=1S/C23H22N4O2/c1-16(17-6-3-2-4-7-17)26-11-12-27-20-10-9-18(14-19(20)25-22(27)15-26)24-23(28)21-8-5-13-29-21/h2-10,13-14,16H,11-12,15H2,1H3,(H,24,28)/t16-/m0/s1. The van der Waals surface area contributed by atoms with Crippen LogP contribution >= 0.6 is 0 Å². The summed E-state index contributed by atoms with van der Waals surface area (Å²) < 4.78 is 7.43. The normalized spacial score (nSPS) is 15.2. The summed E-state index contributed by atoms with van der Waals surface area (Å²) in [4.78, 5) is 19.5. The lowest BCUT2D eigenvalue weighted by Gasteiger charge is -2.33. The summed E-state index contributed by atoms with van der Waals surface area (Å²) in [5.74, 6) is 1.09. The molecule has 0 unspecified atom stereocenters. The predicted molar refractivity (Wildman–Crippen MR) is 112 cm³/mol. The van der Waals surface area contributed by atoms with Crippen molar-refractivity contribution in [2.75, 3.05) is 11.9 Å². The van der Waals surface area contributed by atoms with Gasteiger partial charge in [0.15, 0.2) is 5.76 Å². The molecule has 29 heavy (non-hydrogen) atoms. The third kappa shape index (κ3) is 3.32. The highest BCUT2D eigenvalue weighted by molar-refractivity contribution is 6.03. The number of furan rings is 1. The summed E-state index contributed by atoms with van der Waals surface area (Å²) >= 11 is 0. The van der Waals surface area contributed by atoms with Gasteiger partial charge in [-0.1, -0.05) is 30.3 Å². The predicted octanol–water partition coefficient (Wildman–Crippen LogP) is 4.46. The number of carbonyl (C=O) groups is 1. The molecule has 0 spiro atoms. The number of hydrogen-bond acceptors (Lipinski definition) is 4. The minimum Gasteiger partial charge on any atom is -0.459 e. The van der Waals surface area contributed by atoms with Crippen molar-refractivity contribution in [3.63, 3.8) is 0 Å². The maximum Gasteiger partial charge on any atom is 0.291 e. The number of nitrogens with zero attached hydrogens (tertiary/aromatic N) is 3. The van der Waals surface area contributed by atoms with Gasteiger partial charge in [-0.05, 0) is 42.8 Å². The molecule has 6 nitrogen and oxygen atoms in total. The fourth-order valence-corrected chi connectivity index (χ4v) is 3.99. The number of aromatic nitrogens is 2. The van der Waals surface area contributed by atoms with Crippen LogP contribution in [0.1, 0.15) is 34.9 Å². The van der Waals surface area contributed by atoms with Crippen molar-refractivity contribution < 1.29 is 9.21 Å². The maximum atomic E-state index is 12.2. The third-order valence-electron chi connectivity index (χ3n) is 5.62. The molecule has 0 bridgehead atoms. The summed E-state index contributed by atoms with van der Waals surface area (Å²) in [6.45, 7) is 4.93. The van der Waals surface area contributed by atoms with Crippen molar-refractivity contribution in [3.8, 4) is 0 Å². The van der Waals surface area contributed by atoms with Crippen LogP contribution in [0.25, 0.3) is 11.0 Å². The van der Waals surface area contributed by atoms with Crippen molar-refractivity contribution in [2.24, 2.45) is 0 Å². The van der Waals surface area contributed by atoms with Crippen LogP contribution in [0.5, 0.6) is 0 Å². The number of fused-ring (bicyclic) bond motifs is 3. The zero-order chi connectivity index (χ0) is 19.8. The van der Waals surface area contributed by atoms with Crippen molar-refractivity contribution in [1.29, 1.82) is 0 Å². The van der Waals surface area contributed by atoms with Gasteiger partial charge in [-0.2, -0.15) is 0 Å². The van der Waals surface area contributed by atoms with Gasteiger partial charge in [0.25, 0.3) is 5.91 Å². The Labute approximate surface area is 168 Å². The van der Waals surface area contributed by atoms with Crippen molar-refractivity contribution in [1.82, 2.24) is 14.5 Å². The van der Waals surface area contributed by atoms with E-state index < -0.39 is 0 Å². The molecule has 0 saturated heterocycles. The highest BCUT2D eigenvalue weighted by Crippen LogP contribution is 2.28. The Morgan fingerprint density at radius 1 is 1.10 bits per heavy atom. The van der Waals surface area contributed by atoms with E-state index in [-0.39, 0.29) is 5.91 Å². The number of hydrogen-bond donors (Lipinski definition) is 1. The molecule has 1 N–H and O–H groups in total. The Kier molecular flexibility index (Phi) is 4.41. The lowest BCUT2D eigenvalue weighted by Crippen LogP contribution is -2.35. The van der Waals surface area contributed by atoms with E-state index in [2.05, 4.69) is 46.0 Å². The highest BCUT2D eigenvalue weighted by atomic mass is 16.3. The van der Waals surface area contributed by atoms with Gasteiger partial charge < -0.3 is 14.3 Å². The van der Waals surface area contributed by atoms with Crippen LogP contribution in [0, 0.1) is 0 Å². The van der Waals surface area contributed by atoms with Gasteiger partial charge >= 0.3 is 0 Å². The van der Waals surface area contributed by atoms with E-state index in [0.29, 0.717) is 17.5 Å². The minimum atomic E-state index is -0.263. The van der Waals surface area contributed by atoms with Gasteiger partial charge in [-0.25, -0.2) is 4.98 Å². The molecule has 2 aromatic carbocycles. The first-order chi connectivity index (χ1) is 14.2. The third-order valence-corrected chi connectivity index (χ3v) is 5.62. The Hall–Kier alpha value is -3.38. The quantitative estimate of drug-likeness (QED) is 0.562. The molecule has 0 saturated carbocycles. The number of anilines is 1. The summed E-state index contributed by atoms with van der Waals surface area (Å²) in [5.41, 5.74) is 4.03. The number of carbonyl (C=O) groups excluding carboxylic acids is 1. The van der Waals surface area contributed by atoms with Gasteiger partial charge in [-0.15, -0.1) is 0 Å². The SMILES string of the molecule is C[C@@H](c1ccccc1)N1CCn2c(nc3cc(NC(=O)c4ccco4)ccc32)C1. The molecule has 2 aromatic heterocycles. The smallest absolute Gasteiger partial charge is 0.291 e. The van der Waals surface area contributed by atoms with Gasteiger partial charge in [-0.3, -0.25) is 9.69 Å². The second-order valence-electron chi connectivity index (χ2n) is 7.37. The lowest BCUT2D eigenvalue weighted by atomic mass is 10.1.